The van der Waals surface area contributed by atoms with Crippen LogP contribution in [-0.2, 0) is 5.75 Å². The van der Waals surface area contributed by atoms with Crippen LogP contribution in [-0.4, -0.2) is 15.2 Å². The van der Waals surface area contributed by atoms with Gasteiger partial charge in [-0.3, -0.25) is 0 Å². The minimum atomic E-state index is 0.497. The average Bonchev–Trinajstić information content (AvgIpc) is 3.31. The van der Waals surface area contributed by atoms with Gasteiger partial charge in [0.15, 0.2) is 4.34 Å². The smallest absolute Gasteiger partial charge is 0.247 e. The molecule has 0 atom stereocenters. The predicted octanol–water partition coefficient (Wildman–Crippen LogP) is 6.11. The molecule has 0 saturated carbocycles. The molecule has 7 heteroatoms. The maximum atomic E-state index is 5.90. The van der Waals surface area contributed by atoms with Gasteiger partial charge in [0.1, 0.15) is 0 Å². The van der Waals surface area contributed by atoms with Gasteiger partial charge in [0.25, 0.3) is 0 Å². The Morgan fingerprint density at radius 3 is 2.50 bits per heavy atom. The van der Waals surface area contributed by atoms with Crippen molar-refractivity contribution in [2.45, 2.75) is 17.0 Å². The summed E-state index contributed by atoms with van der Waals surface area (Å²) in [4.78, 5) is 4.68. The van der Waals surface area contributed by atoms with Gasteiger partial charge in [-0.15, -0.1) is 21.5 Å². The van der Waals surface area contributed by atoms with Crippen LogP contribution in [0.2, 0.25) is 5.02 Å². The molecule has 0 saturated heterocycles. The van der Waals surface area contributed by atoms with Crippen LogP contribution in [0.4, 0.5) is 0 Å². The van der Waals surface area contributed by atoms with Crippen molar-refractivity contribution in [3.05, 3.63) is 70.4 Å². The summed E-state index contributed by atoms with van der Waals surface area (Å²) >= 11 is 9.11. The second kappa shape index (κ2) is 7.61. The van der Waals surface area contributed by atoms with Crippen molar-refractivity contribution < 1.29 is 4.42 Å². The zero-order valence-electron chi connectivity index (χ0n) is 13.8. The van der Waals surface area contributed by atoms with Gasteiger partial charge in [-0.05, 0) is 31.2 Å². The summed E-state index contributed by atoms with van der Waals surface area (Å²) in [6.45, 7) is 2.08. The van der Waals surface area contributed by atoms with E-state index in [-0.39, 0.29) is 0 Å². The first kappa shape index (κ1) is 17.3. The van der Waals surface area contributed by atoms with Crippen molar-refractivity contribution in [3.63, 3.8) is 0 Å². The van der Waals surface area contributed by atoms with Gasteiger partial charge in [-0.2, -0.15) is 0 Å². The highest BCUT2D eigenvalue weighted by molar-refractivity contribution is 8.00. The first-order chi connectivity index (χ1) is 12.7. The monoisotopic (exact) mass is 399 g/mol. The lowest BCUT2D eigenvalue weighted by molar-refractivity contribution is 0.528. The van der Waals surface area contributed by atoms with E-state index in [2.05, 4.69) is 51.8 Å². The molecule has 0 aliphatic rings. The molecule has 4 aromatic rings. The number of hydrogen-bond acceptors (Lipinski definition) is 6. The van der Waals surface area contributed by atoms with Crippen LogP contribution in [0.5, 0.6) is 0 Å². The molecule has 4 nitrogen and oxygen atoms in total. The number of nitrogens with zero attached hydrogens (tertiary/aromatic N) is 3. The number of aryl methyl sites for hydroxylation is 1. The molecule has 26 heavy (non-hydrogen) atoms. The number of thiazole rings is 1. The lowest BCUT2D eigenvalue weighted by Crippen LogP contribution is -1.81. The lowest BCUT2D eigenvalue weighted by atomic mass is 10.1. The number of benzene rings is 2. The number of aromatic nitrogens is 3. The van der Waals surface area contributed by atoms with Gasteiger partial charge in [-0.25, -0.2) is 4.98 Å². The summed E-state index contributed by atoms with van der Waals surface area (Å²) in [5.74, 6) is 1.66. The van der Waals surface area contributed by atoms with E-state index in [1.54, 1.807) is 35.2 Å². The third-order valence-corrected chi connectivity index (χ3v) is 5.97. The van der Waals surface area contributed by atoms with Gasteiger partial charge in [0, 0.05) is 21.5 Å². The quantitative estimate of drug-likeness (QED) is 0.378. The number of rotatable bonds is 5. The Labute approximate surface area is 164 Å². The second-order valence-electron chi connectivity index (χ2n) is 5.66. The van der Waals surface area contributed by atoms with Gasteiger partial charge in [-0.1, -0.05) is 53.2 Å². The molecule has 0 aliphatic carbocycles. The molecule has 0 unspecified atom stereocenters. The van der Waals surface area contributed by atoms with Crippen molar-refractivity contribution >= 4 is 34.7 Å². The minimum Gasteiger partial charge on any atom is -0.420 e. The lowest BCUT2D eigenvalue weighted by Gasteiger charge is -1.97. The standard InChI is InChI=1S/C19H14ClN3OS2/c1-12-2-4-13(5-3-12)16-10-25-19(21-16)26-11-17-22-23-18(24-17)14-6-8-15(20)9-7-14/h2-10H,11H2,1H3. The van der Waals surface area contributed by atoms with Crippen molar-refractivity contribution in [1.29, 1.82) is 0 Å². The summed E-state index contributed by atoms with van der Waals surface area (Å²) < 4.78 is 6.71. The number of halogens is 1. The average molecular weight is 400 g/mol. The molecule has 2 heterocycles. The van der Waals surface area contributed by atoms with Crippen LogP contribution in [0, 0.1) is 6.92 Å². The normalized spacial score (nSPS) is 11.0. The topological polar surface area (TPSA) is 51.8 Å². The Hall–Kier alpha value is -2.15. The second-order valence-corrected chi connectivity index (χ2v) is 8.18. The first-order valence-corrected chi connectivity index (χ1v) is 10.2. The zero-order valence-corrected chi connectivity index (χ0v) is 16.2. The molecule has 0 N–H and O–H groups in total. The van der Waals surface area contributed by atoms with Crippen LogP contribution in [0.1, 0.15) is 11.5 Å². The maximum absolute atomic E-state index is 5.90. The van der Waals surface area contributed by atoms with E-state index >= 15 is 0 Å². The van der Waals surface area contributed by atoms with Crippen molar-refractivity contribution in [1.82, 2.24) is 15.2 Å². The Bertz CT molecular complexity index is 926. The molecule has 0 bridgehead atoms. The van der Waals surface area contributed by atoms with E-state index in [1.807, 2.05) is 12.1 Å². The van der Waals surface area contributed by atoms with E-state index in [4.69, 9.17) is 16.0 Å². The molecular formula is C19H14ClN3OS2. The van der Waals surface area contributed by atoms with Crippen molar-refractivity contribution in [2.24, 2.45) is 0 Å². The molecule has 4 rings (SSSR count). The van der Waals surface area contributed by atoms with Gasteiger partial charge >= 0.3 is 0 Å². The summed E-state index contributed by atoms with van der Waals surface area (Å²) in [7, 11) is 0. The molecule has 0 aliphatic heterocycles. The fourth-order valence-corrected chi connectivity index (χ4v) is 4.12. The molecule has 130 valence electrons. The van der Waals surface area contributed by atoms with Gasteiger partial charge < -0.3 is 4.42 Å². The van der Waals surface area contributed by atoms with E-state index in [9.17, 15) is 0 Å². The Morgan fingerprint density at radius 2 is 1.73 bits per heavy atom. The molecule has 0 radical (unpaired) electrons. The van der Waals surface area contributed by atoms with Gasteiger partial charge in [0.05, 0.1) is 11.4 Å². The third kappa shape index (κ3) is 3.98. The summed E-state index contributed by atoms with van der Waals surface area (Å²) in [6, 6.07) is 15.7. The molecule has 2 aromatic carbocycles. The fourth-order valence-electron chi connectivity index (χ4n) is 2.33. The van der Waals surface area contributed by atoms with Crippen LogP contribution < -0.4 is 0 Å². The van der Waals surface area contributed by atoms with E-state index in [1.165, 1.54) is 5.56 Å². The van der Waals surface area contributed by atoms with E-state index in [0.717, 1.165) is 21.2 Å². The number of thioether (sulfide) groups is 1. The maximum Gasteiger partial charge on any atom is 0.247 e. The summed E-state index contributed by atoms with van der Waals surface area (Å²) in [6.07, 6.45) is 0. The zero-order chi connectivity index (χ0) is 17.9. The summed E-state index contributed by atoms with van der Waals surface area (Å²) in [5.41, 5.74) is 4.21. The molecular weight excluding hydrogens is 386 g/mol. The SMILES string of the molecule is Cc1ccc(-c2csc(SCc3nnc(-c4ccc(Cl)cc4)o3)n2)cc1. The Kier molecular flexibility index (Phi) is 5.06. The first-order valence-electron chi connectivity index (χ1n) is 7.91. The van der Waals surface area contributed by atoms with Crippen LogP contribution in [0.25, 0.3) is 22.7 Å². The predicted molar refractivity (Wildman–Crippen MR) is 107 cm³/mol. The Balaban J connectivity index is 1.42. The summed E-state index contributed by atoms with van der Waals surface area (Å²) in [5, 5.41) is 11.0. The fraction of sp³-hybridized carbons (Fsp3) is 0.105. The largest absolute Gasteiger partial charge is 0.420 e. The molecule has 0 fully saturated rings. The molecule has 0 amide bonds. The molecule has 2 aromatic heterocycles. The highest BCUT2D eigenvalue weighted by Gasteiger charge is 2.11. The highest BCUT2D eigenvalue weighted by atomic mass is 35.5. The minimum absolute atomic E-state index is 0.497. The Morgan fingerprint density at radius 1 is 1.00 bits per heavy atom. The van der Waals surface area contributed by atoms with Crippen molar-refractivity contribution in [2.75, 3.05) is 0 Å². The van der Waals surface area contributed by atoms with Gasteiger partial charge in [0.2, 0.25) is 11.8 Å². The van der Waals surface area contributed by atoms with Crippen LogP contribution in [0.3, 0.4) is 0 Å². The number of hydrogen-bond donors (Lipinski definition) is 0. The van der Waals surface area contributed by atoms with Crippen molar-refractivity contribution in [3.8, 4) is 22.7 Å². The van der Waals surface area contributed by atoms with Crippen LogP contribution in [0.15, 0.2) is 62.7 Å². The third-order valence-electron chi connectivity index (χ3n) is 3.71. The highest BCUT2D eigenvalue weighted by Crippen LogP contribution is 2.31. The van der Waals surface area contributed by atoms with E-state index in [0.29, 0.717) is 22.6 Å². The van der Waals surface area contributed by atoms with E-state index < -0.39 is 0 Å². The molecule has 0 spiro atoms. The van der Waals surface area contributed by atoms with Crippen LogP contribution >= 0.6 is 34.7 Å².